The molecule has 0 N–H and O–H groups in total. The van der Waals surface area contributed by atoms with E-state index in [2.05, 4.69) is 121 Å². The summed E-state index contributed by atoms with van der Waals surface area (Å²) in [6, 6.07) is 52.7. The Kier molecular flexibility index (Phi) is 6.10. The number of para-hydroxylation sites is 1. The fraction of sp³-hybridized carbons (Fsp3) is 0. The van der Waals surface area contributed by atoms with E-state index in [9.17, 15) is 0 Å². The molecule has 0 bridgehead atoms. The minimum atomic E-state index is 0.908. The topological polar surface area (TPSA) is 43.3 Å². The van der Waals surface area contributed by atoms with E-state index in [-0.39, 0.29) is 0 Å². The molecule has 4 aromatic heterocycles. The first-order chi connectivity index (χ1) is 22.7. The summed E-state index contributed by atoms with van der Waals surface area (Å²) < 4.78 is 8.09. The van der Waals surface area contributed by atoms with Gasteiger partial charge in [0, 0.05) is 39.9 Å². The fourth-order valence-electron chi connectivity index (χ4n) is 6.25. The average molecular weight is 590 g/mol. The summed E-state index contributed by atoms with van der Waals surface area (Å²) in [4.78, 5) is 9.91. The maximum atomic E-state index is 6.05. The number of fused-ring (bicyclic) bond motifs is 4. The van der Waals surface area contributed by atoms with E-state index in [4.69, 9.17) is 14.4 Å². The van der Waals surface area contributed by atoms with Crippen molar-refractivity contribution in [2.24, 2.45) is 0 Å². The third-order valence-corrected chi connectivity index (χ3v) is 8.66. The highest BCUT2D eigenvalue weighted by Crippen LogP contribution is 2.35. The minimum Gasteiger partial charge on any atom is -0.456 e. The first-order valence-electron chi connectivity index (χ1n) is 15.4. The summed E-state index contributed by atoms with van der Waals surface area (Å²) in [6.45, 7) is 0. The predicted molar refractivity (Wildman–Crippen MR) is 187 cm³/mol. The van der Waals surface area contributed by atoms with E-state index < -0.39 is 0 Å². The minimum absolute atomic E-state index is 0.908. The van der Waals surface area contributed by atoms with Crippen molar-refractivity contribution >= 4 is 27.6 Å². The van der Waals surface area contributed by atoms with Gasteiger partial charge in [-0.15, -0.1) is 0 Å². The van der Waals surface area contributed by atoms with Gasteiger partial charge in [-0.25, -0.2) is 9.97 Å². The van der Waals surface area contributed by atoms with E-state index in [1.165, 1.54) is 0 Å². The van der Waals surface area contributed by atoms with Gasteiger partial charge in [0.1, 0.15) is 16.8 Å². The van der Waals surface area contributed by atoms with Crippen LogP contribution in [0.2, 0.25) is 0 Å². The summed E-state index contributed by atoms with van der Waals surface area (Å²) in [5.74, 6) is 0. The van der Waals surface area contributed by atoms with Crippen LogP contribution >= 0.6 is 0 Å². The molecule has 216 valence electrons. The van der Waals surface area contributed by atoms with Crippen molar-refractivity contribution < 1.29 is 4.42 Å². The number of pyridine rings is 2. The quantitative estimate of drug-likeness (QED) is 0.201. The predicted octanol–water partition coefficient (Wildman–Crippen LogP) is 11.0. The molecule has 0 aliphatic heterocycles. The lowest BCUT2D eigenvalue weighted by atomic mass is 9.97. The maximum Gasteiger partial charge on any atom is 0.137 e. The molecule has 46 heavy (non-hydrogen) atoms. The summed E-state index contributed by atoms with van der Waals surface area (Å²) >= 11 is 0. The Bertz CT molecular complexity index is 2470. The molecule has 0 atom stereocenters. The van der Waals surface area contributed by atoms with Crippen LogP contribution < -0.4 is 0 Å². The Labute approximate surface area is 265 Å². The van der Waals surface area contributed by atoms with Crippen LogP contribution in [0.15, 0.2) is 168 Å². The molecule has 0 radical (unpaired) electrons. The van der Waals surface area contributed by atoms with Crippen LogP contribution in [0.4, 0.5) is 0 Å². The van der Waals surface area contributed by atoms with Gasteiger partial charge < -0.3 is 8.82 Å². The summed E-state index contributed by atoms with van der Waals surface area (Å²) in [6.07, 6.45) is 4.09. The summed E-state index contributed by atoms with van der Waals surface area (Å²) in [5.41, 5.74) is 13.4. The average Bonchev–Trinajstić information content (AvgIpc) is 3.74. The zero-order valence-electron chi connectivity index (χ0n) is 24.8. The van der Waals surface area contributed by atoms with Crippen molar-refractivity contribution in [3.05, 3.63) is 164 Å². The molecule has 9 aromatic rings. The third kappa shape index (κ3) is 4.64. The van der Waals surface area contributed by atoms with Crippen molar-refractivity contribution in [2.75, 3.05) is 0 Å². The van der Waals surface area contributed by atoms with Gasteiger partial charge in [-0.05, 0) is 64.7 Å². The number of rotatable bonds is 5. The molecular formula is C42H27N3O. The smallest absolute Gasteiger partial charge is 0.137 e. The number of nitrogens with zero attached hydrogens (tertiary/aromatic N) is 3. The van der Waals surface area contributed by atoms with Crippen LogP contribution in [0.25, 0.3) is 83.6 Å². The van der Waals surface area contributed by atoms with Crippen molar-refractivity contribution in [2.45, 2.75) is 0 Å². The van der Waals surface area contributed by atoms with E-state index in [1.54, 1.807) is 0 Å². The van der Waals surface area contributed by atoms with Crippen LogP contribution in [0, 0.1) is 0 Å². The Hall–Kier alpha value is -6.26. The van der Waals surface area contributed by atoms with Crippen molar-refractivity contribution in [3.63, 3.8) is 0 Å². The molecule has 0 spiro atoms. The van der Waals surface area contributed by atoms with Crippen molar-refractivity contribution in [3.8, 4) is 56.0 Å². The lowest BCUT2D eigenvalue weighted by Crippen LogP contribution is -1.91. The summed E-state index contributed by atoms with van der Waals surface area (Å²) in [5, 5.41) is 2.27. The first kappa shape index (κ1) is 26.2. The normalized spacial score (nSPS) is 11.5. The molecule has 4 nitrogen and oxygen atoms in total. The van der Waals surface area contributed by atoms with Crippen LogP contribution in [0.1, 0.15) is 0 Å². The van der Waals surface area contributed by atoms with Gasteiger partial charge in [0.15, 0.2) is 0 Å². The zero-order valence-corrected chi connectivity index (χ0v) is 24.8. The van der Waals surface area contributed by atoms with Gasteiger partial charge in [-0.2, -0.15) is 0 Å². The number of furan rings is 1. The zero-order chi connectivity index (χ0) is 30.5. The SMILES string of the molecule is c1ccc(-c2cc(-c3ccc(-c4ccc5oc6ccccc6c5c4)cc3)cc(-c3ccc(-c4cn5ccccc5n4)cc3)n2)cc1. The molecule has 0 unspecified atom stereocenters. The number of hydrogen-bond acceptors (Lipinski definition) is 3. The number of imidazole rings is 1. The number of aromatic nitrogens is 3. The Morgan fingerprint density at radius 2 is 0.978 bits per heavy atom. The van der Waals surface area contributed by atoms with Gasteiger partial charge in [-0.1, -0.05) is 109 Å². The Morgan fingerprint density at radius 1 is 0.391 bits per heavy atom. The molecule has 0 aliphatic rings. The largest absolute Gasteiger partial charge is 0.456 e. The number of benzene rings is 5. The molecule has 0 saturated heterocycles. The highest BCUT2D eigenvalue weighted by atomic mass is 16.3. The van der Waals surface area contributed by atoms with E-state index in [0.717, 1.165) is 83.6 Å². The summed E-state index contributed by atoms with van der Waals surface area (Å²) in [7, 11) is 0. The monoisotopic (exact) mass is 589 g/mol. The van der Waals surface area contributed by atoms with Gasteiger partial charge in [0.2, 0.25) is 0 Å². The maximum absolute atomic E-state index is 6.05. The molecule has 5 aromatic carbocycles. The highest BCUT2D eigenvalue weighted by Gasteiger charge is 2.12. The molecular weight excluding hydrogens is 562 g/mol. The van der Waals surface area contributed by atoms with Gasteiger partial charge in [0.05, 0.1) is 17.1 Å². The molecule has 0 fully saturated rings. The second-order valence-corrected chi connectivity index (χ2v) is 11.5. The molecule has 4 heteroatoms. The van der Waals surface area contributed by atoms with Gasteiger partial charge in [0.25, 0.3) is 0 Å². The third-order valence-electron chi connectivity index (χ3n) is 8.66. The van der Waals surface area contributed by atoms with Crippen LogP contribution in [-0.4, -0.2) is 14.4 Å². The van der Waals surface area contributed by atoms with Crippen LogP contribution in [-0.2, 0) is 0 Å². The second kappa shape index (κ2) is 10.7. The van der Waals surface area contributed by atoms with Crippen LogP contribution in [0.3, 0.4) is 0 Å². The van der Waals surface area contributed by atoms with Gasteiger partial charge in [-0.3, -0.25) is 0 Å². The van der Waals surface area contributed by atoms with Crippen molar-refractivity contribution in [1.29, 1.82) is 0 Å². The lowest BCUT2D eigenvalue weighted by molar-refractivity contribution is 0.669. The van der Waals surface area contributed by atoms with Gasteiger partial charge >= 0.3 is 0 Å². The molecule has 9 rings (SSSR count). The second-order valence-electron chi connectivity index (χ2n) is 11.5. The lowest BCUT2D eigenvalue weighted by Gasteiger charge is -2.11. The number of hydrogen-bond donors (Lipinski definition) is 0. The molecule has 0 saturated carbocycles. The van der Waals surface area contributed by atoms with Crippen LogP contribution in [0.5, 0.6) is 0 Å². The molecule has 0 amide bonds. The highest BCUT2D eigenvalue weighted by molar-refractivity contribution is 6.06. The Balaban J connectivity index is 1.08. The Morgan fingerprint density at radius 3 is 1.74 bits per heavy atom. The van der Waals surface area contributed by atoms with E-state index in [0.29, 0.717) is 0 Å². The van der Waals surface area contributed by atoms with E-state index >= 15 is 0 Å². The van der Waals surface area contributed by atoms with Crippen molar-refractivity contribution in [1.82, 2.24) is 14.4 Å². The fourth-order valence-corrected chi connectivity index (χ4v) is 6.25. The molecule has 4 heterocycles. The first-order valence-corrected chi connectivity index (χ1v) is 15.4. The standard InChI is InChI=1S/C42H27N3O/c1-2-8-30(9-3-1)37-25-34(26-38(43-37)31-17-19-32(20-18-31)39-27-45-23-7-6-12-42(45)44-39)29-15-13-28(14-16-29)33-21-22-41-36(24-33)35-10-4-5-11-40(35)46-41/h1-27H. The molecule has 0 aliphatic carbocycles. The van der Waals surface area contributed by atoms with E-state index in [1.807, 2.05) is 47.0 Å².